The molecule has 1 aromatic heterocycles. The molecule has 9 aromatic carbocycles. The van der Waals surface area contributed by atoms with E-state index in [-0.39, 0.29) is 5.41 Å². The minimum absolute atomic E-state index is 0.0648. The van der Waals surface area contributed by atoms with Crippen molar-refractivity contribution in [3.05, 3.63) is 169 Å². The SMILES string of the molecule is CC1(C)c2ccc3c(sc4ccc(-c5c6ccccc6c(-c6cccc7ccccc67)c6ccccc56)cc43)c2-c2ccc3ccccc3c21. The molecule has 0 aliphatic heterocycles. The maximum Gasteiger partial charge on any atom is 0.0437 e. The highest BCUT2D eigenvalue weighted by molar-refractivity contribution is 7.26. The summed E-state index contributed by atoms with van der Waals surface area (Å²) in [6.45, 7) is 4.80. The van der Waals surface area contributed by atoms with Gasteiger partial charge in [0.2, 0.25) is 0 Å². The van der Waals surface area contributed by atoms with Gasteiger partial charge in [-0.3, -0.25) is 0 Å². The molecule has 0 saturated heterocycles. The van der Waals surface area contributed by atoms with E-state index in [4.69, 9.17) is 0 Å². The Labute approximate surface area is 294 Å². The fraction of sp³-hybridized carbons (Fsp3) is 0.0612. The zero-order valence-corrected chi connectivity index (χ0v) is 28.7. The summed E-state index contributed by atoms with van der Waals surface area (Å²) >= 11 is 1.95. The molecule has 0 saturated carbocycles. The highest BCUT2D eigenvalue weighted by Crippen LogP contribution is 2.56. The van der Waals surface area contributed by atoms with E-state index < -0.39 is 0 Å². The van der Waals surface area contributed by atoms with E-state index in [2.05, 4.69) is 172 Å². The fourth-order valence-electron chi connectivity index (χ4n) is 9.24. The first kappa shape index (κ1) is 28.1. The maximum atomic E-state index is 2.47. The van der Waals surface area contributed by atoms with Gasteiger partial charge in [-0.25, -0.2) is 0 Å². The molecule has 50 heavy (non-hydrogen) atoms. The molecule has 234 valence electrons. The van der Waals surface area contributed by atoms with Crippen LogP contribution in [-0.4, -0.2) is 0 Å². The zero-order valence-electron chi connectivity index (χ0n) is 27.9. The lowest BCUT2D eigenvalue weighted by molar-refractivity contribution is 0.667. The van der Waals surface area contributed by atoms with Gasteiger partial charge in [0.1, 0.15) is 0 Å². The Morgan fingerprint density at radius 3 is 1.72 bits per heavy atom. The van der Waals surface area contributed by atoms with Crippen LogP contribution in [0.1, 0.15) is 25.0 Å². The minimum atomic E-state index is -0.0648. The predicted molar refractivity (Wildman–Crippen MR) is 218 cm³/mol. The van der Waals surface area contributed by atoms with Gasteiger partial charge in [0, 0.05) is 31.2 Å². The number of rotatable bonds is 2. The quantitative estimate of drug-likeness (QED) is 0.163. The summed E-state index contributed by atoms with van der Waals surface area (Å²) in [5, 5.41) is 13.1. The van der Waals surface area contributed by atoms with Gasteiger partial charge < -0.3 is 0 Å². The summed E-state index contributed by atoms with van der Waals surface area (Å²) in [6, 6.07) is 59.0. The zero-order chi connectivity index (χ0) is 33.1. The van der Waals surface area contributed by atoms with Crippen LogP contribution in [0.5, 0.6) is 0 Å². The largest absolute Gasteiger partial charge is 0.135 e. The molecule has 1 aliphatic carbocycles. The maximum absolute atomic E-state index is 2.47. The van der Waals surface area contributed by atoms with E-state index in [0.29, 0.717) is 0 Å². The summed E-state index contributed by atoms with van der Waals surface area (Å²) < 4.78 is 2.74. The molecule has 1 aliphatic rings. The van der Waals surface area contributed by atoms with Crippen LogP contribution in [0.2, 0.25) is 0 Å². The molecule has 0 nitrogen and oxygen atoms in total. The van der Waals surface area contributed by atoms with E-state index in [0.717, 1.165) is 0 Å². The highest BCUT2D eigenvalue weighted by Gasteiger charge is 2.38. The Bertz CT molecular complexity index is 3000. The molecule has 0 atom stereocenters. The van der Waals surface area contributed by atoms with Crippen molar-refractivity contribution in [1.29, 1.82) is 0 Å². The monoisotopic (exact) mass is 652 g/mol. The molecule has 0 spiro atoms. The first-order valence-corrected chi connectivity index (χ1v) is 18.3. The lowest BCUT2D eigenvalue weighted by Crippen LogP contribution is -2.15. The lowest BCUT2D eigenvalue weighted by Gasteiger charge is -2.23. The summed E-state index contributed by atoms with van der Waals surface area (Å²) in [5.74, 6) is 0. The van der Waals surface area contributed by atoms with Crippen molar-refractivity contribution in [2.24, 2.45) is 0 Å². The third-order valence-corrected chi connectivity index (χ3v) is 12.6. The van der Waals surface area contributed by atoms with Crippen LogP contribution < -0.4 is 0 Å². The van der Waals surface area contributed by atoms with E-state index in [1.165, 1.54) is 108 Å². The van der Waals surface area contributed by atoms with E-state index in [1.54, 1.807) is 0 Å². The summed E-state index contributed by atoms with van der Waals surface area (Å²) in [4.78, 5) is 0. The second-order valence-corrected chi connectivity index (χ2v) is 15.4. The lowest BCUT2D eigenvalue weighted by atomic mass is 9.80. The average Bonchev–Trinajstić information content (AvgIpc) is 3.65. The van der Waals surface area contributed by atoms with Crippen molar-refractivity contribution >= 4 is 74.6 Å². The van der Waals surface area contributed by atoms with Gasteiger partial charge in [0.05, 0.1) is 0 Å². The third kappa shape index (κ3) is 3.71. The first-order valence-electron chi connectivity index (χ1n) is 17.5. The molecular formula is C49H32S. The number of hydrogen-bond acceptors (Lipinski definition) is 1. The van der Waals surface area contributed by atoms with Crippen LogP contribution in [0.25, 0.3) is 96.6 Å². The van der Waals surface area contributed by atoms with Crippen molar-refractivity contribution < 1.29 is 0 Å². The van der Waals surface area contributed by atoms with Gasteiger partial charge in [-0.1, -0.05) is 159 Å². The van der Waals surface area contributed by atoms with Crippen molar-refractivity contribution in [3.63, 3.8) is 0 Å². The van der Waals surface area contributed by atoms with Gasteiger partial charge in [-0.15, -0.1) is 11.3 Å². The van der Waals surface area contributed by atoms with Crippen molar-refractivity contribution in [3.8, 4) is 33.4 Å². The highest BCUT2D eigenvalue weighted by atomic mass is 32.1. The van der Waals surface area contributed by atoms with E-state index >= 15 is 0 Å². The van der Waals surface area contributed by atoms with Crippen LogP contribution >= 0.6 is 11.3 Å². The third-order valence-electron chi connectivity index (χ3n) is 11.4. The van der Waals surface area contributed by atoms with Crippen LogP contribution in [0.4, 0.5) is 0 Å². The van der Waals surface area contributed by atoms with Gasteiger partial charge >= 0.3 is 0 Å². The molecule has 0 radical (unpaired) electrons. The standard InChI is InChI=1S/C49H32S/c1-49(2)42-26-25-39-41-28-31(23-27-43(41)50-48(39)46(42)40-24-22-30-13-4-6-16-33(30)47(40)49)44-35-17-7-9-19-37(35)45(38-20-10-8-18-36(38)44)34-21-11-14-29-12-3-5-15-32(29)34/h3-28H,1-2H3. The molecular weight excluding hydrogens is 621 g/mol. The second-order valence-electron chi connectivity index (χ2n) is 14.4. The molecule has 0 fully saturated rings. The number of thiophene rings is 1. The molecule has 10 aromatic rings. The number of hydrogen-bond donors (Lipinski definition) is 0. The van der Waals surface area contributed by atoms with Crippen LogP contribution in [0.3, 0.4) is 0 Å². The molecule has 0 bridgehead atoms. The Kier molecular flexibility index (Phi) is 5.70. The Hall–Kier alpha value is -5.76. The van der Waals surface area contributed by atoms with Crippen molar-refractivity contribution in [1.82, 2.24) is 0 Å². The molecule has 0 unspecified atom stereocenters. The van der Waals surface area contributed by atoms with Gasteiger partial charge in [-0.05, 0) is 94.2 Å². The fourth-order valence-corrected chi connectivity index (χ4v) is 10.5. The molecule has 1 heteroatoms. The second kappa shape index (κ2) is 10.1. The molecule has 11 rings (SSSR count). The molecule has 0 amide bonds. The van der Waals surface area contributed by atoms with Crippen molar-refractivity contribution in [2.75, 3.05) is 0 Å². The van der Waals surface area contributed by atoms with Gasteiger partial charge in [-0.2, -0.15) is 0 Å². The first-order chi connectivity index (χ1) is 24.6. The van der Waals surface area contributed by atoms with Crippen LogP contribution in [0.15, 0.2) is 158 Å². The number of fused-ring (bicyclic) bond motifs is 12. The smallest absolute Gasteiger partial charge is 0.0437 e. The van der Waals surface area contributed by atoms with Gasteiger partial charge in [0.15, 0.2) is 0 Å². The van der Waals surface area contributed by atoms with Crippen LogP contribution in [-0.2, 0) is 5.41 Å². The van der Waals surface area contributed by atoms with Gasteiger partial charge in [0.25, 0.3) is 0 Å². The Morgan fingerprint density at radius 2 is 1.00 bits per heavy atom. The Morgan fingerprint density at radius 1 is 0.400 bits per heavy atom. The normalized spacial score (nSPS) is 13.6. The summed E-state index contributed by atoms with van der Waals surface area (Å²) in [6.07, 6.45) is 0. The van der Waals surface area contributed by atoms with E-state index in [9.17, 15) is 0 Å². The minimum Gasteiger partial charge on any atom is -0.135 e. The average molecular weight is 653 g/mol. The predicted octanol–water partition coefficient (Wildman–Crippen LogP) is 14.3. The molecule has 0 N–H and O–H groups in total. The Balaban J connectivity index is 1.19. The topological polar surface area (TPSA) is 0 Å². The van der Waals surface area contributed by atoms with Crippen LogP contribution in [0, 0.1) is 0 Å². The summed E-state index contributed by atoms with van der Waals surface area (Å²) in [5.41, 5.74) is 10.8. The van der Waals surface area contributed by atoms with Crippen molar-refractivity contribution in [2.45, 2.75) is 19.3 Å². The molecule has 1 heterocycles. The van der Waals surface area contributed by atoms with E-state index in [1.807, 2.05) is 11.3 Å². The summed E-state index contributed by atoms with van der Waals surface area (Å²) in [7, 11) is 0. The number of benzene rings is 9.